The Morgan fingerprint density at radius 2 is 2.06 bits per heavy atom. The number of nitrogens with one attached hydrogen (secondary N) is 4. The Labute approximate surface area is 177 Å². The number of methoxy groups -OCH3 is 1. The van der Waals surface area contributed by atoms with Gasteiger partial charge in [0.2, 0.25) is 5.95 Å². The molecule has 0 aliphatic carbocycles. The molecule has 8 heteroatoms. The lowest BCUT2D eigenvalue weighted by Gasteiger charge is -2.04. The smallest absolute Gasteiger partial charge is 0.256 e. The molecule has 0 radical (unpaired) electrons. The summed E-state index contributed by atoms with van der Waals surface area (Å²) in [6.07, 6.45) is 3.52. The number of ether oxygens (including phenoxy) is 1. The van der Waals surface area contributed by atoms with Crippen LogP contribution in [0.25, 0.3) is 22.7 Å². The van der Waals surface area contributed by atoms with Gasteiger partial charge in [0, 0.05) is 23.0 Å². The summed E-state index contributed by atoms with van der Waals surface area (Å²) in [6.45, 7) is 1.53. The summed E-state index contributed by atoms with van der Waals surface area (Å²) >= 11 is 0. The van der Waals surface area contributed by atoms with Gasteiger partial charge in [0.15, 0.2) is 5.78 Å². The third-order valence-corrected chi connectivity index (χ3v) is 5.20. The number of fused-ring (bicyclic) bond motifs is 3. The van der Waals surface area contributed by atoms with E-state index in [0.717, 1.165) is 16.8 Å². The number of anilines is 3. The maximum Gasteiger partial charge on any atom is 0.256 e. The number of benzene rings is 2. The minimum absolute atomic E-state index is 0.00909. The van der Waals surface area contributed by atoms with Gasteiger partial charge < -0.3 is 25.3 Å². The Hall–Kier alpha value is -4.33. The number of carbonyl (C=O) groups is 2. The van der Waals surface area contributed by atoms with Gasteiger partial charge in [0.05, 0.1) is 29.6 Å². The number of H-pyrrole nitrogens is 2. The van der Waals surface area contributed by atoms with E-state index in [0.29, 0.717) is 39.7 Å². The number of aromatic amines is 2. The maximum atomic E-state index is 12.7. The summed E-state index contributed by atoms with van der Waals surface area (Å²) in [4.78, 5) is 35.3. The molecular weight excluding hydrogens is 394 g/mol. The number of amides is 1. The number of hydrogen-bond donors (Lipinski definition) is 4. The standard InChI is InChI=1S/C23H19N5O3/c1-12(29)13-4-3-5-14(10-13)25-23-27-17-7-6-16-20(21(17)28-23)15(22(30)26-16)11-18-19(31-2)8-9-24-18/h3-11,24H,1-2H3,(H,26,30)(H2,25,27,28). The first-order chi connectivity index (χ1) is 15.0. The van der Waals surface area contributed by atoms with Crippen molar-refractivity contribution in [2.24, 2.45) is 0 Å². The highest BCUT2D eigenvalue weighted by atomic mass is 16.5. The summed E-state index contributed by atoms with van der Waals surface area (Å²) in [7, 11) is 1.58. The van der Waals surface area contributed by atoms with Crippen molar-refractivity contribution < 1.29 is 14.3 Å². The Bertz CT molecular complexity index is 1380. The zero-order valence-electron chi connectivity index (χ0n) is 16.9. The van der Waals surface area contributed by atoms with Gasteiger partial charge >= 0.3 is 0 Å². The van der Waals surface area contributed by atoms with Crippen molar-refractivity contribution in [3.05, 3.63) is 65.5 Å². The topological polar surface area (TPSA) is 112 Å². The van der Waals surface area contributed by atoms with E-state index in [2.05, 4.69) is 25.6 Å². The van der Waals surface area contributed by atoms with Crippen LogP contribution in [0.5, 0.6) is 5.75 Å². The molecule has 0 atom stereocenters. The zero-order chi connectivity index (χ0) is 21.5. The van der Waals surface area contributed by atoms with Crippen LogP contribution in [0.3, 0.4) is 0 Å². The quantitative estimate of drug-likeness (QED) is 0.287. The summed E-state index contributed by atoms with van der Waals surface area (Å²) in [5.74, 6) is 0.951. The lowest BCUT2D eigenvalue weighted by atomic mass is 10.0. The number of nitrogens with zero attached hydrogens (tertiary/aromatic N) is 1. The molecule has 0 saturated heterocycles. The Morgan fingerprint density at radius 3 is 2.87 bits per heavy atom. The number of imidazole rings is 1. The zero-order valence-corrected chi connectivity index (χ0v) is 16.9. The van der Waals surface area contributed by atoms with Crippen LogP contribution in [0.4, 0.5) is 17.3 Å². The Morgan fingerprint density at radius 1 is 1.19 bits per heavy atom. The van der Waals surface area contributed by atoms with Crippen molar-refractivity contribution >= 4 is 51.7 Å². The molecule has 0 spiro atoms. The van der Waals surface area contributed by atoms with Gasteiger partial charge in [-0.3, -0.25) is 9.59 Å². The first-order valence-corrected chi connectivity index (χ1v) is 9.69. The average molecular weight is 413 g/mol. The SMILES string of the molecule is COc1cc[nH]c1C=C1C(=O)Nc2ccc3[nH]c(Nc4cccc(C(C)=O)c4)nc3c21. The first kappa shape index (κ1) is 18.7. The second-order valence-electron chi connectivity index (χ2n) is 7.20. The molecule has 0 bridgehead atoms. The second-order valence-corrected chi connectivity index (χ2v) is 7.20. The Balaban J connectivity index is 1.57. The van der Waals surface area contributed by atoms with Gasteiger partial charge in [-0.25, -0.2) is 4.98 Å². The van der Waals surface area contributed by atoms with Crippen LogP contribution in [-0.4, -0.2) is 33.8 Å². The molecule has 1 aliphatic rings. The molecule has 0 unspecified atom stereocenters. The molecule has 5 rings (SSSR count). The van der Waals surface area contributed by atoms with Crippen molar-refractivity contribution in [2.45, 2.75) is 6.92 Å². The van der Waals surface area contributed by atoms with E-state index in [-0.39, 0.29) is 11.7 Å². The fraction of sp³-hybridized carbons (Fsp3) is 0.0870. The lowest BCUT2D eigenvalue weighted by molar-refractivity contribution is -0.110. The van der Waals surface area contributed by atoms with Crippen LogP contribution >= 0.6 is 0 Å². The molecule has 2 aromatic heterocycles. The van der Waals surface area contributed by atoms with E-state index in [9.17, 15) is 9.59 Å². The normalized spacial score (nSPS) is 14.0. The summed E-state index contributed by atoms with van der Waals surface area (Å²) in [5, 5.41) is 6.09. The highest BCUT2D eigenvalue weighted by molar-refractivity contribution is 6.37. The third kappa shape index (κ3) is 3.24. The number of carbonyl (C=O) groups excluding carboxylic acids is 2. The number of rotatable bonds is 5. The highest BCUT2D eigenvalue weighted by Crippen LogP contribution is 2.39. The van der Waals surface area contributed by atoms with Crippen LogP contribution < -0.4 is 15.4 Å². The van der Waals surface area contributed by atoms with Gasteiger partial charge in [-0.1, -0.05) is 12.1 Å². The van der Waals surface area contributed by atoms with Crippen molar-refractivity contribution in [3.63, 3.8) is 0 Å². The molecule has 2 aromatic carbocycles. The fourth-order valence-electron chi connectivity index (χ4n) is 3.71. The number of hydrogen-bond acceptors (Lipinski definition) is 5. The molecule has 1 amide bonds. The van der Waals surface area contributed by atoms with E-state index in [1.165, 1.54) is 6.92 Å². The molecule has 3 heterocycles. The van der Waals surface area contributed by atoms with E-state index >= 15 is 0 Å². The second kappa shape index (κ2) is 7.17. The maximum absolute atomic E-state index is 12.7. The molecule has 1 aliphatic heterocycles. The summed E-state index contributed by atoms with van der Waals surface area (Å²) in [5.41, 5.74) is 5.42. The van der Waals surface area contributed by atoms with E-state index in [4.69, 9.17) is 4.74 Å². The van der Waals surface area contributed by atoms with Gasteiger partial charge in [0.25, 0.3) is 5.91 Å². The van der Waals surface area contributed by atoms with Gasteiger partial charge in [-0.05, 0) is 43.3 Å². The minimum atomic E-state index is -0.203. The summed E-state index contributed by atoms with van der Waals surface area (Å²) in [6, 6.07) is 12.7. The molecule has 4 N–H and O–H groups in total. The van der Waals surface area contributed by atoms with Gasteiger partial charge in [-0.2, -0.15) is 0 Å². The largest absolute Gasteiger partial charge is 0.495 e. The molecule has 8 nitrogen and oxygen atoms in total. The number of Topliss-reactive ketones (excluding diaryl/α,β-unsaturated/α-hetero) is 1. The molecule has 154 valence electrons. The summed E-state index contributed by atoms with van der Waals surface area (Å²) < 4.78 is 5.34. The van der Waals surface area contributed by atoms with Crippen LogP contribution in [0, 0.1) is 0 Å². The van der Waals surface area contributed by atoms with E-state index in [1.807, 2.05) is 24.3 Å². The number of ketones is 1. The minimum Gasteiger partial charge on any atom is -0.495 e. The predicted octanol–water partition coefficient (Wildman–Crippen LogP) is 4.34. The van der Waals surface area contributed by atoms with Crippen molar-refractivity contribution in [1.82, 2.24) is 15.0 Å². The van der Waals surface area contributed by atoms with Crippen molar-refractivity contribution in [3.8, 4) is 5.75 Å². The van der Waals surface area contributed by atoms with E-state index < -0.39 is 0 Å². The molecule has 31 heavy (non-hydrogen) atoms. The van der Waals surface area contributed by atoms with Crippen LogP contribution in [0.2, 0.25) is 0 Å². The van der Waals surface area contributed by atoms with Gasteiger partial charge in [0.1, 0.15) is 11.3 Å². The molecular formula is C23H19N5O3. The van der Waals surface area contributed by atoms with Gasteiger partial charge in [-0.15, -0.1) is 0 Å². The monoisotopic (exact) mass is 413 g/mol. The van der Waals surface area contributed by atoms with Crippen LogP contribution in [0.1, 0.15) is 28.5 Å². The van der Waals surface area contributed by atoms with Crippen LogP contribution in [-0.2, 0) is 4.79 Å². The molecule has 0 fully saturated rings. The first-order valence-electron chi connectivity index (χ1n) is 9.69. The average Bonchev–Trinajstić information content (AvgIpc) is 3.45. The highest BCUT2D eigenvalue weighted by Gasteiger charge is 2.28. The predicted molar refractivity (Wildman–Crippen MR) is 120 cm³/mol. The van der Waals surface area contributed by atoms with Crippen LogP contribution in [0.15, 0.2) is 48.7 Å². The fourth-order valence-corrected chi connectivity index (χ4v) is 3.71. The van der Waals surface area contributed by atoms with Crippen molar-refractivity contribution in [1.29, 1.82) is 0 Å². The molecule has 4 aromatic rings. The third-order valence-electron chi connectivity index (χ3n) is 5.20. The number of aromatic nitrogens is 3. The lowest BCUT2D eigenvalue weighted by Crippen LogP contribution is -2.03. The molecule has 0 saturated carbocycles. The Kier molecular flexibility index (Phi) is 4.32. The van der Waals surface area contributed by atoms with Crippen molar-refractivity contribution in [2.75, 3.05) is 17.7 Å². The van der Waals surface area contributed by atoms with E-state index in [1.54, 1.807) is 37.6 Å².